The quantitative estimate of drug-likeness (QED) is 0.307. The van der Waals surface area contributed by atoms with Crippen LogP contribution in [-0.2, 0) is 11.2 Å². The van der Waals surface area contributed by atoms with E-state index in [-0.39, 0.29) is 23.9 Å². The zero-order valence-corrected chi connectivity index (χ0v) is 10.2. The molecule has 0 unspecified atom stereocenters. The van der Waals surface area contributed by atoms with Gasteiger partial charge in [-0.15, -0.1) is 0 Å². The third kappa shape index (κ3) is 4.32. The average Bonchev–Trinajstić information content (AvgIpc) is 2.35. The summed E-state index contributed by atoms with van der Waals surface area (Å²) >= 11 is 0. The Kier molecular flexibility index (Phi) is 4.98. The Morgan fingerprint density at radius 1 is 1.50 bits per heavy atom. The average molecular weight is 251 g/mol. The number of phenolic OH excluding ortho intramolecular Hbond substituents is 1. The highest BCUT2D eigenvalue weighted by atomic mass is 16.4. The maximum Gasteiger partial charge on any atom is 0.226 e. The number of nitrogens with two attached hydrogens (primary N) is 1. The number of carbonyl (C=O) groups excluding carboxylic acids is 1. The van der Waals surface area contributed by atoms with Crippen LogP contribution in [0.4, 0.5) is 0 Å². The molecular weight excluding hydrogens is 234 g/mol. The molecule has 0 saturated heterocycles. The molecule has 1 aromatic rings. The first-order valence-electron chi connectivity index (χ1n) is 5.51. The smallest absolute Gasteiger partial charge is 0.226 e. The second-order valence-corrected chi connectivity index (χ2v) is 4.00. The molecule has 0 aliphatic carbocycles. The minimum absolute atomic E-state index is 0.0898. The highest BCUT2D eigenvalue weighted by Gasteiger charge is 2.10. The summed E-state index contributed by atoms with van der Waals surface area (Å²) in [4.78, 5) is 13.3. The summed E-state index contributed by atoms with van der Waals surface area (Å²) in [6, 6.07) is 6.56. The standard InChI is InChI=1S/C12H17N3O3/c1-15(6-5-11(13)14-18)12(17)8-9-3-2-4-10(16)7-9/h2-4,7,16,18H,5-6,8H2,1H3,(H2,13,14). The maximum atomic E-state index is 11.8. The van der Waals surface area contributed by atoms with E-state index in [9.17, 15) is 9.90 Å². The molecule has 0 aliphatic heterocycles. The first kappa shape index (κ1) is 13.8. The second-order valence-electron chi connectivity index (χ2n) is 4.00. The van der Waals surface area contributed by atoms with Gasteiger partial charge in [-0.2, -0.15) is 0 Å². The fourth-order valence-electron chi connectivity index (χ4n) is 1.43. The summed E-state index contributed by atoms with van der Waals surface area (Å²) in [6.45, 7) is 0.382. The Hall–Kier alpha value is -2.24. The Labute approximate surface area is 105 Å². The van der Waals surface area contributed by atoms with Crippen LogP contribution in [0.5, 0.6) is 5.75 Å². The van der Waals surface area contributed by atoms with Crippen molar-refractivity contribution in [2.75, 3.05) is 13.6 Å². The molecule has 0 fully saturated rings. The SMILES string of the molecule is CN(CC/C(N)=N/O)C(=O)Cc1cccc(O)c1. The van der Waals surface area contributed by atoms with Crippen LogP contribution in [0.1, 0.15) is 12.0 Å². The van der Waals surface area contributed by atoms with Gasteiger partial charge in [0.15, 0.2) is 0 Å². The largest absolute Gasteiger partial charge is 0.508 e. The zero-order chi connectivity index (χ0) is 13.5. The number of rotatable bonds is 5. The molecule has 6 nitrogen and oxygen atoms in total. The van der Waals surface area contributed by atoms with E-state index in [4.69, 9.17) is 10.9 Å². The zero-order valence-electron chi connectivity index (χ0n) is 10.2. The molecule has 0 spiro atoms. The first-order chi connectivity index (χ1) is 8.52. The van der Waals surface area contributed by atoms with Crippen LogP contribution in [0.2, 0.25) is 0 Å². The van der Waals surface area contributed by atoms with Crippen LogP contribution in [0.3, 0.4) is 0 Å². The lowest BCUT2D eigenvalue weighted by atomic mass is 10.1. The molecule has 0 bridgehead atoms. The maximum absolute atomic E-state index is 11.8. The number of phenols is 1. The molecule has 0 aliphatic rings. The number of carbonyl (C=O) groups is 1. The van der Waals surface area contributed by atoms with E-state index in [0.717, 1.165) is 5.56 Å². The number of aromatic hydroxyl groups is 1. The topological polar surface area (TPSA) is 99.1 Å². The van der Waals surface area contributed by atoms with Crippen molar-refractivity contribution >= 4 is 11.7 Å². The molecule has 0 atom stereocenters. The molecule has 1 rings (SSSR count). The molecule has 98 valence electrons. The van der Waals surface area contributed by atoms with Gasteiger partial charge in [0.05, 0.1) is 6.42 Å². The molecule has 0 radical (unpaired) electrons. The normalized spacial score (nSPS) is 11.3. The monoisotopic (exact) mass is 251 g/mol. The van der Waals surface area contributed by atoms with Gasteiger partial charge in [-0.25, -0.2) is 0 Å². The van der Waals surface area contributed by atoms with Gasteiger partial charge in [-0.1, -0.05) is 17.3 Å². The number of benzene rings is 1. The summed E-state index contributed by atoms with van der Waals surface area (Å²) in [5.41, 5.74) is 6.07. The predicted molar refractivity (Wildman–Crippen MR) is 67.5 cm³/mol. The minimum Gasteiger partial charge on any atom is -0.508 e. The van der Waals surface area contributed by atoms with E-state index < -0.39 is 0 Å². The molecule has 1 amide bonds. The van der Waals surface area contributed by atoms with Gasteiger partial charge in [0.25, 0.3) is 0 Å². The van der Waals surface area contributed by atoms with E-state index in [1.54, 1.807) is 31.3 Å². The van der Waals surface area contributed by atoms with Crippen molar-refractivity contribution in [3.63, 3.8) is 0 Å². The van der Waals surface area contributed by atoms with Crippen molar-refractivity contribution in [2.24, 2.45) is 10.9 Å². The van der Waals surface area contributed by atoms with Crippen molar-refractivity contribution in [3.8, 4) is 5.75 Å². The lowest BCUT2D eigenvalue weighted by molar-refractivity contribution is -0.129. The fraction of sp³-hybridized carbons (Fsp3) is 0.333. The Bertz CT molecular complexity index is 446. The number of amides is 1. The van der Waals surface area contributed by atoms with Crippen LogP contribution in [0, 0.1) is 0 Å². The summed E-state index contributed by atoms with van der Waals surface area (Å²) in [7, 11) is 1.65. The number of hydrogen-bond donors (Lipinski definition) is 3. The molecule has 18 heavy (non-hydrogen) atoms. The molecule has 0 heterocycles. The van der Waals surface area contributed by atoms with Crippen LogP contribution < -0.4 is 5.73 Å². The Morgan fingerprint density at radius 2 is 2.22 bits per heavy atom. The Balaban J connectivity index is 2.50. The molecule has 1 aromatic carbocycles. The minimum atomic E-state index is -0.0914. The predicted octanol–water partition coefficient (Wildman–Crippen LogP) is 0.530. The van der Waals surface area contributed by atoms with Crippen LogP contribution in [0.25, 0.3) is 0 Å². The first-order valence-corrected chi connectivity index (χ1v) is 5.51. The second kappa shape index (κ2) is 6.48. The number of oxime groups is 1. The third-order valence-corrected chi connectivity index (χ3v) is 2.52. The van der Waals surface area contributed by atoms with Crippen molar-refractivity contribution < 1.29 is 15.1 Å². The Morgan fingerprint density at radius 3 is 2.83 bits per heavy atom. The highest BCUT2D eigenvalue weighted by Crippen LogP contribution is 2.12. The van der Waals surface area contributed by atoms with Gasteiger partial charge in [0, 0.05) is 20.0 Å². The fourth-order valence-corrected chi connectivity index (χ4v) is 1.43. The number of amidine groups is 1. The van der Waals surface area contributed by atoms with E-state index in [1.165, 1.54) is 4.90 Å². The number of nitrogens with zero attached hydrogens (tertiary/aromatic N) is 2. The van der Waals surface area contributed by atoms with Crippen LogP contribution in [0.15, 0.2) is 29.4 Å². The van der Waals surface area contributed by atoms with E-state index in [1.807, 2.05) is 0 Å². The van der Waals surface area contributed by atoms with Crippen LogP contribution in [-0.4, -0.2) is 40.5 Å². The van der Waals surface area contributed by atoms with Crippen LogP contribution >= 0.6 is 0 Å². The van der Waals surface area contributed by atoms with E-state index >= 15 is 0 Å². The molecular formula is C12H17N3O3. The summed E-state index contributed by atoms with van der Waals surface area (Å²) in [6.07, 6.45) is 0.528. The van der Waals surface area contributed by atoms with Gasteiger partial charge in [-0.05, 0) is 17.7 Å². The van der Waals surface area contributed by atoms with Crippen molar-refractivity contribution in [3.05, 3.63) is 29.8 Å². The van der Waals surface area contributed by atoms with Gasteiger partial charge < -0.3 is 20.9 Å². The summed E-state index contributed by atoms with van der Waals surface area (Å²) in [5.74, 6) is 0.137. The van der Waals surface area contributed by atoms with E-state index in [2.05, 4.69) is 5.16 Å². The molecule has 0 saturated carbocycles. The van der Waals surface area contributed by atoms with Crippen molar-refractivity contribution in [1.29, 1.82) is 0 Å². The summed E-state index contributed by atoms with van der Waals surface area (Å²) in [5, 5.41) is 20.5. The van der Waals surface area contributed by atoms with Crippen molar-refractivity contribution in [2.45, 2.75) is 12.8 Å². The number of hydrogen-bond acceptors (Lipinski definition) is 4. The summed E-state index contributed by atoms with van der Waals surface area (Å²) < 4.78 is 0. The third-order valence-electron chi connectivity index (χ3n) is 2.52. The van der Waals surface area contributed by atoms with Gasteiger partial charge in [-0.3, -0.25) is 4.79 Å². The lowest BCUT2D eigenvalue weighted by Crippen LogP contribution is -2.31. The molecule has 6 heteroatoms. The van der Waals surface area contributed by atoms with Gasteiger partial charge in [0.1, 0.15) is 11.6 Å². The molecule has 0 aromatic heterocycles. The molecule has 4 N–H and O–H groups in total. The van der Waals surface area contributed by atoms with E-state index in [0.29, 0.717) is 13.0 Å². The van der Waals surface area contributed by atoms with Crippen molar-refractivity contribution in [1.82, 2.24) is 4.90 Å². The number of likely N-dealkylation sites (N-methyl/N-ethyl adjacent to an activating group) is 1. The highest BCUT2D eigenvalue weighted by molar-refractivity contribution is 5.82. The van der Waals surface area contributed by atoms with Gasteiger partial charge in [0.2, 0.25) is 5.91 Å². The lowest BCUT2D eigenvalue weighted by Gasteiger charge is -2.16. The van der Waals surface area contributed by atoms with Gasteiger partial charge >= 0.3 is 0 Å².